The van der Waals surface area contributed by atoms with Gasteiger partial charge in [-0.15, -0.1) is 0 Å². The second kappa shape index (κ2) is 12.6. The average Bonchev–Trinajstić information content (AvgIpc) is 2.80. The van der Waals surface area contributed by atoms with Gasteiger partial charge in [0, 0.05) is 29.1 Å². The zero-order valence-electron chi connectivity index (χ0n) is 20.3. The molecule has 3 rings (SSSR count). The number of benzene rings is 3. The molecule has 0 unspecified atom stereocenters. The van der Waals surface area contributed by atoms with Crippen molar-refractivity contribution in [2.24, 2.45) is 0 Å². The van der Waals surface area contributed by atoms with Gasteiger partial charge in [-0.1, -0.05) is 63.3 Å². The van der Waals surface area contributed by atoms with E-state index >= 15 is 0 Å². The number of carbonyl (C=O) groups excluding carboxylic acids is 1. The first-order valence-electron chi connectivity index (χ1n) is 12.2. The Hall–Kier alpha value is -3.53. The van der Waals surface area contributed by atoms with Crippen LogP contribution in [-0.2, 0) is 6.42 Å². The number of ketones is 1. The van der Waals surface area contributed by atoms with Gasteiger partial charge in [-0.3, -0.25) is 4.79 Å². The molecule has 0 atom stereocenters. The molecule has 178 valence electrons. The summed E-state index contributed by atoms with van der Waals surface area (Å²) in [5, 5.41) is 0. The number of hydrogen-bond acceptors (Lipinski definition) is 4. The second-order valence-corrected chi connectivity index (χ2v) is 8.87. The van der Waals surface area contributed by atoms with Crippen molar-refractivity contribution in [3.63, 3.8) is 0 Å². The molecule has 0 fully saturated rings. The zero-order valence-corrected chi connectivity index (χ0v) is 20.3. The Bertz CT molecular complexity index is 1100. The van der Waals surface area contributed by atoms with Crippen molar-refractivity contribution < 1.29 is 9.53 Å². The predicted octanol–water partition coefficient (Wildman–Crippen LogP) is 7.75. The van der Waals surface area contributed by atoms with E-state index in [1.54, 1.807) is 48.5 Å². The molecule has 0 heterocycles. The highest BCUT2D eigenvalue weighted by atomic mass is 16.5. The molecule has 4 nitrogen and oxygen atoms in total. The van der Waals surface area contributed by atoms with Crippen molar-refractivity contribution >= 4 is 23.2 Å². The second-order valence-electron chi connectivity index (χ2n) is 8.87. The summed E-state index contributed by atoms with van der Waals surface area (Å²) in [6.45, 7) is 4.35. The van der Waals surface area contributed by atoms with Gasteiger partial charge in [0.1, 0.15) is 11.5 Å². The lowest BCUT2D eigenvalue weighted by atomic mass is 9.99. The maximum Gasteiger partial charge on any atom is 0.185 e. The molecule has 0 bridgehead atoms. The first-order valence-corrected chi connectivity index (χ1v) is 12.2. The summed E-state index contributed by atoms with van der Waals surface area (Å²) in [6, 6.07) is 18.7. The number of unbranched alkanes of at least 4 members (excludes halogenated alkanes) is 5. The molecule has 3 aromatic carbocycles. The van der Waals surface area contributed by atoms with Crippen molar-refractivity contribution in [1.29, 1.82) is 0 Å². The van der Waals surface area contributed by atoms with Gasteiger partial charge in [-0.25, -0.2) is 0 Å². The van der Waals surface area contributed by atoms with E-state index in [1.165, 1.54) is 49.7 Å². The summed E-state index contributed by atoms with van der Waals surface area (Å²) in [5.74, 6) is 1.13. The molecule has 0 amide bonds. The van der Waals surface area contributed by atoms with Crippen LogP contribution >= 0.6 is 0 Å². The van der Waals surface area contributed by atoms with Gasteiger partial charge >= 0.3 is 0 Å². The fourth-order valence-corrected chi connectivity index (χ4v) is 3.98. The standard InChI is InChI=1S/C30H36N2O2/c1-3-4-5-6-7-8-9-23-10-11-24(22(2)18-23)14-17-30(33)25-12-15-28(16-13-25)34-29-20-26(31)19-27(32)21-29/h10-21H,3-9,31-32H2,1-2H3. The van der Waals surface area contributed by atoms with Crippen molar-refractivity contribution in [1.82, 2.24) is 0 Å². The van der Waals surface area contributed by atoms with Gasteiger partial charge in [0.15, 0.2) is 5.78 Å². The van der Waals surface area contributed by atoms with E-state index in [2.05, 4.69) is 32.0 Å². The van der Waals surface area contributed by atoms with Gasteiger partial charge in [-0.2, -0.15) is 0 Å². The van der Waals surface area contributed by atoms with E-state index in [-0.39, 0.29) is 5.78 Å². The lowest BCUT2D eigenvalue weighted by Crippen LogP contribution is -1.95. The number of carbonyl (C=O) groups is 1. The highest BCUT2D eigenvalue weighted by Crippen LogP contribution is 2.26. The maximum atomic E-state index is 12.6. The van der Waals surface area contributed by atoms with E-state index in [1.807, 2.05) is 6.08 Å². The molecular formula is C30H36N2O2. The number of anilines is 2. The van der Waals surface area contributed by atoms with Gasteiger partial charge < -0.3 is 16.2 Å². The third kappa shape index (κ3) is 7.80. The van der Waals surface area contributed by atoms with Crippen LogP contribution in [-0.4, -0.2) is 5.78 Å². The summed E-state index contributed by atoms with van der Waals surface area (Å²) in [6.07, 6.45) is 12.5. The molecule has 0 aliphatic heterocycles. The normalized spacial score (nSPS) is 11.1. The number of rotatable bonds is 12. The van der Waals surface area contributed by atoms with Crippen LogP contribution in [0.1, 0.15) is 72.5 Å². The smallest absolute Gasteiger partial charge is 0.185 e. The number of nitrogens with two attached hydrogens (primary N) is 2. The number of aryl methyl sites for hydroxylation is 2. The minimum atomic E-state index is -0.0460. The number of ether oxygens (including phenoxy) is 1. The van der Waals surface area contributed by atoms with E-state index in [9.17, 15) is 4.79 Å². The lowest BCUT2D eigenvalue weighted by molar-refractivity contribution is 0.104. The Labute approximate surface area is 203 Å². The molecule has 0 aromatic heterocycles. The monoisotopic (exact) mass is 456 g/mol. The van der Waals surface area contributed by atoms with Crippen LogP contribution in [0.2, 0.25) is 0 Å². The summed E-state index contributed by atoms with van der Waals surface area (Å²) in [5.41, 5.74) is 16.9. The minimum absolute atomic E-state index is 0.0460. The van der Waals surface area contributed by atoms with Gasteiger partial charge in [-0.05, 0) is 72.9 Å². The topological polar surface area (TPSA) is 78.3 Å². The van der Waals surface area contributed by atoms with Crippen molar-refractivity contribution in [2.75, 3.05) is 11.5 Å². The molecule has 0 aliphatic carbocycles. The van der Waals surface area contributed by atoms with Crippen LogP contribution < -0.4 is 16.2 Å². The highest BCUT2D eigenvalue weighted by Gasteiger charge is 2.05. The summed E-state index contributed by atoms with van der Waals surface area (Å²) in [7, 11) is 0. The van der Waals surface area contributed by atoms with Crippen LogP contribution in [0.3, 0.4) is 0 Å². The Morgan fingerprint density at radius 1 is 0.824 bits per heavy atom. The van der Waals surface area contributed by atoms with Crippen LogP contribution in [0, 0.1) is 6.92 Å². The molecule has 4 heteroatoms. The maximum absolute atomic E-state index is 12.6. The van der Waals surface area contributed by atoms with E-state index in [4.69, 9.17) is 16.2 Å². The number of hydrogen-bond donors (Lipinski definition) is 2. The molecule has 0 saturated carbocycles. The molecule has 34 heavy (non-hydrogen) atoms. The van der Waals surface area contributed by atoms with Crippen LogP contribution in [0.4, 0.5) is 11.4 Å². The molecule has 0 saturated heterocycles. The Morgan fingerprint density at radius 2 is 1.50 bits per heavy atom. The van der Waals surface area contributed by atoms with Gasteiger partial charge in [0.25, 0.3) is 0 Å². The average molecular weight is 457 g/mol. The third-order valence-corrected chi connectivity index (χ3v) is 5.89. The number of nitrogen functional groups attached to an aromatic ring is 2. The summed E-state index contributed by atoms with van der Waals surface area (Å²) in [4.78, 5) is 12.6. The Balaban J connectivity index is 1.54. The SMILES string of the molecule is CCCCCCCCc1ccc(C=CC(=O)c2ccc(Oc3cc(N)cc(N)c3)cc2)c(C)c1. The largest absolute Gasteiger partial charge is 0.457 e. The highest BCUT2D eigenvalue weighted by molar-refractivity contribution is 6.06. The molecule has 3 aromatic rings. The fourth-order valence-electron chi connectivity index (χ4n) is 3.98. The minimum Gasteiger partial charge on any atom is -0.457 e. The van der Waals surface area contributed by atoms with Crippen molar-refractivity contribution in [3.8, 4) is 11.5 Å². The third-order valence-electron chi connectivity index (χ3n) is 5.89. The van der Waals surface area contributed by atoms with Gasteiger partial charge in [0.05, 0.1) is 0 Å². The van der Waals surface area contributed by atoms with Crippen molar-refractivity contribution in [2.45, 2.75) is 58.8 Å². The lowest BCUT2D eigenvalue weighted by Gasteiger charge is -2.08. The first-order chi connectivity index (χ1) is 16.4. The fraction of sp³-hybridized carbons (Fsp3) is 0.300. The van der Waals surface area contributed by atoms with E-state index < -0.39 is 0 Å². The molecular weight excluding hydrogens is 420 g/mol. The van der Waals surface area contributed by atoms with Gasteiger partial charge in [0.2, 0.25) is 0 Å². The summed E-state index contributed by atoms with van der Waals surface area (Å²) >= 11 is 0. The molecule has 0 spiro atoms. The Morgan fingerprint density at radius 3 is 2.18 bits per heavy atom. The molecule has 0 aliphatic rings. The van der Waals surface area contributed by atoms with Crippen molar-refractivity contribution in [3.05, 3.63) is 89.0 Å². The quantitative estimate of drug-likeness (QED) is 0.126. The van der Waals surface area contributed by atoms with Crippen LogP contribution in [0.15, 0.2) is 66.7 Å². The molecule has 4 N–H and O–H groups in total. The summed E-state index contributed by atoms with van der Waals surface area (Å²) < 4.78 is 5.79. The zero-order chi connectivity index (χ0) is 24.3. The van der Waals surface area contributed by atoms with Crippen LogP contribution in [0.25, 0.3) is 6.08 Å². The number of allylic oxidation sites excluding steroid dienone is 1. The van der Waals surface area contributed by atoms with E-state index in [0.29, 0.717) is 28.4 Å². The predicted molar refractivity (Wildman–Crippen MR) is 143 cm³/mol. The molecule has 0 radical (unpaired) electrons. The van der Waals surface area contributed by atoms with E-state index in [0.717, 1.165) is 12.0 Å². The van der Waals surface area contributed by atoms with Crippen LogP contribution in [0.5, 0.6) is 11.5 Å². The first kappa shape index (κ1) is 25.1. The Kier molecular flexibility index (Phi) is 9.33.